The summed E-state index contributed by atoms with van der Waals surface area (Å²) < 4.78 is 62.9. The molecule has 9 nitrogen and oxygen atoms in total. The maximum atomic E-state index is 10.3. The zero-order valence-electron chi connectivity index (χ0n) is 9.52. The highest BCUT2D eigenvalue weighted by atomic mass is 32.2. The quantitative estimate of drug-likeness (QED) is 0.267. The summed E-state index contributed by atoms with van der Waals surface area (Å²) in [7, 11) is -8.13. The fourth-order valence-corrected chi connectivity index (χ4v) is 1.83. The highest BCUT2D eigenvalue weighted by molar-refractivity contribution is 7.85. The first kappa shape index (κ1) is 17.7. The summed E-state index contributed by atoms with van der Waals surface area (Å²) in [6, 6.07) is 0. The van der Waals surface area contributed by atoms with Crippen LogP contribution >= 0.6 is 0 Å². The molecule has 11 heteroatoms. The van der Waals surface area contributed by atoms with E-state index in [4.69, 9.17) is 13.8 Å². The van der Waals surface area contributed by atoms with Crippen molar-refractivity contribution in [2.24, 2.45) is 0 Å². The average molecular weight is 307 g/mol. The van der Waals surface area contributed by atoms with Crippen LogP contribution in [0, 0.1) is 0 Å². The van der Waals surface area contributed by atoms with E-state index in [9.17, 15) is 21.9 Å². The predicted octanol–water partition coefficient (Wildman–Crippen LogP) is -1.92. The molecule has 0 amide bonds. The van der Waals surface area contributed by atoms with Crippen LogP contribution in [0.1, 0.15) is 6.42 Å². The van der Waals surface area contributed by atoms with Crippen LogP contribution in [0.2, 0.25) is 0 Å². The van der Waals surface area contributed by atoms with Gasteiger partial charge in [0.25, 0.3) is 20.2 Å². The van der Waals surface area contributed by atoms with E-state index in [1.165, 1.54) is 0 Å². The number of rotatable bonds is 10. The molecule has 0 radical (unpaired) electrons. The number of hydrogen-bond acceptors (Lipinski definition) is 7. The first-order valence-corrected chi connectivity index (χ1v) is 8.19. The van der Waals surface area contributed by atoms with Crippen LogP contribution in [0.5, 0.6) is 0 Å². The van der Waals surface area contributed by atoms with E-state index in [1.807, 2.05) is 0 Å². The van der Waals surface area contributed by atoms with Crippen LogP contribution in [-0.4, -0.2) is 68.5 Å². The lowest BCUT2D eigenvalue weighted by molar-refractivity contribution is 0.0381. The minimum atomic E-state index is -4.12. The molecule has 0 spiro atoms. The minimum absolute atomic E-state index is 0.0369. The van der Waals surface area contributed by atoms with Gasteiger partial charge < -0.3 is 9.84 Å². The summed E-state index contributed by atoms with van der Waals surface area (Å²) in [5.41, 5.74) is 0. The van der Waals surface area contributed by atoms with Gasteiger partial charge in [0.15, 0.2) is 0 Å². The van der Waals surface area contributed by atoms with Crippen molar-refractivity contribution in [3.63, 3.8) is 0 Å². The Kier molecular flexibility index (Phi) is 7.86. The van der Waals surface area contributed by atoms with Gasteiger partial charge in [-0.15, -0.1) is 0 Å². The molecule has 0 aromatic rings. The number of ether oxygens (including phenoxy) is 1. The molecule has 0 aliphatic rings. The van der Waals surface area contributed by atoms with E-state index in [0.29, 0.717) is 0 Å². The lowest BCUT2D eigenvalue weighted by Gasteiger charge is -2.11. The number of aliphatic hydroxyl groups excluding tert-OH is 1. The number of nitrogens with one attached hydrogen (secondary N) is 1. The number of hydrogen-bond donors (Lipinski definition) is 4. The van der Waals surface area contributed by atoms with Crippen molar-refractivity contribution in [2.75, 3.05) is 31.4 Å². The Labute approximate surface area is 106 Å². The number of aliphatic hydroxyl groups is 1. The minimum Gasteiger partial charge on any atom is -0.389 e. The monoisotopic (exact) mass is 307 g/mol. The standard InChI is InChI=1S/C7H17NO8S2/c9-7(4-8-6-18(13,14)15)5-16-2-1-3-17(10,11)12/h7-9H,1-6H2,(H,10,11,12)(H,13,14,15). The van der Waals surface area contributed by atoms with Gasteiger partial charge in [-0.25, -0.2) is 0 Å². The van der Waals surface area contributed by atoms with Gasteiger partial charge in [-0.2, -0.15) is 16.8 Å². The Bertz CT molecular complexity index is 417. The van der Waals surface area contributed by atoms with Crippen molar-refractivity contribution in [1.29, 1.82) is 0 Å². The third-order valence-corrected chi connectivity index (χ3v) is 3.04. The van der Waals surface area contributed by atoms with Crippen LogP contribution in [-0.2, 0) is 25.0 Å². The second-order valence-electron chi connectivity index (χ2n) is 3.55. The molecule has 110 valence electrons. The molecule has 0 saturated heterocycles. The first-order valence-electron chi connectivity index (χ1n) is 4.97. The van der Waals surface area contributed by atoms with Gasteiger partial charge in [0.05, 0.1) is 18.5 Å². The molecule has 0 saturated carbocycles. The normalized spacial score (nSPS) is 14.6. The first-order chi connectivity index (χ1) is 8.10. The highest BCUT2D eigenvalue weighted by Gasteiger charge is 2.08. The molecule has 18 heavy (non-hydrogen) atoms. The van der Waals surface area contributed by atoms with Crippen LogP contribution in [0.15, 0.2) is 0 Å². The third-order valence-electron chi connectivity index (χ3n) is 1.67. The van der Waals surface area contributed by atoms with Crippen molar-refractivity contribution in [3.8, 4) is 0 Å². The van der Waals surface area contributed by atoms with E-state index in [-0.39, 0.29) is 26.2 Å². The summed E-state index contributed by atoms with van der Waals surface area (Å²) >= 11 is 0. The summed E-state index contributed by atoms with van der Waals surface area (Å²) in [5.74, 6) is -1.10. The molecule has 0 aromatic heterocycles. The van der Waals surface area contributed by atoms with Crippen molar-refractivity contribution < 1.29 is 35.8 Å². The molecule has 0 bridgehead atoms. The maximum Gasteiger partial charge on any atom is 0.278 e. The predicted molar refractivity (Wildman–Crippen MR) is 62.3 cm³/mol. The average Bonchev–Trinajstić information content (AvgIpc) is 2.13. The molecule has 0 rings (SSSR count). The van der Waals surface area contributed by atoms with Crippen molar-refractivity contribution in [1.82, 2.24) is 5.32 Å². The fourth-order valence-electron chi connectivity index (χ4n) is 0.976. The Morgan fingerprint density at radius 3 is 2.22 bits per heavy atom. The second-order valence-corrected chi connectivity index (χ2v) is 6.57. The SMILES string of the molecule is O=S(=O)(O)CCCOCC(O)CNCS(=O)(=O)O. The molecular formula is C7H17NO8S2. The third kappa shape index (κ3) is 13.8. The van der Waals surface area contributed by atoms with Gasteiger partial charge in [-0.3, -0.25) is 14.4 Å². The van der Waals surface area contributed by atoms with Gasteiger partial charge in [0.1, 0.15) is 5.88 Å². The van der Waals surface area contributed by atoms with Crippen molar-refractivity contribution in [3.05, 3.63) is 0 Å². The van der Waals surface area contributed by atoms with Crippen molar-refractivity contribution in [2.45, 2.75) is 12.5 Å². The summed E-state index contributed by atoms with van der Waals surface area (Å²) in [4.78, 5) is 0. The van der Waals surface area contributed by atoms with Gasteiger partial charge in [0.2, 0.25) is 0 Å². The molecule has 0 aromatic carbocycles. The maximum absolute atomic E-state index is 10.3. The molecule has 0 fully saturated rings. The van der Waals surface area contributed by atoms with Crippen LogP contribution in [0.3, 0.4) is 0 Å². The van der Waals surface area contributed by atoms with E-state index >= 15 is 0 Å². The van der Waals surface area contributed by atoms with E-state index in [1.54, 1.807) is 0 Å². The molecule has 0 aliphatic heterocycles. The fraction of sp³-hybridized carbons (Fsp3) is 1.00. The van der Waals surface area contributed by atoms with E-state index in [2.05, 4.69) is 5.32 Å². The van der Waals surface area contributed by atoms with Crippen LogP contribution < -0.4 is 5.32 Å². The Balaban J connectivity index is 3.51. The van der Waals surface area contributed by atoms with Gasteiger partial charge in [-0.1, -0.05) is 0 Å². The summed E-state index contributed by atoms with van der Waals surface area (Å²) in [5, 5.41) is 11.6. The van der Waals surface area contributed by atoms with Crippen LogP contribution in [0.25, 0.3) is 0 Å². The highest BCUT2D eigenvalue weighted by Crippen LogP contribution is 1.91. The molecular weight excluding hydrogens is 290 g/mol. The lowest BCUT2D eigenvalue weighted by atomic mass is 10.4. The zero-order valence-corrected chi connectivity index (χ0v) is 11.2. The largest absolute Gasteiger partial charge is 0.389 e. The molecule has 1 unspecified atom stereocenters. The summed E-state index contributed by atoms with van der Waals surface area (Å²) in [6.45, 7) is -0.183. The molecule has 4 N–H and O–H groups in total. The van der Waals surface area contributed by atoms with Crippen LogP contribution in [0.4, 0.5) is 0 Å². The van der Waals surface area contributed by atoms with Gasteiger partial charge in [-0.05, 0) is 6.42 Å². The topological polar surface area (TPSA) is 150 Å². The molecule has 1 atom stereocenters. The van der Waals surface area contributed by atoms with Gasteiger partial charge in [0, 0.05) is 13.2 Å². The lowest BCUT2D eigenvalue weighted by Crippen LogP contribution is -2.33. The molecule has 0 heterocycles. The zero-order chi connectivity index (χ0) is 14.2. The summed E-state index contributed by atoms with van der Waals surface area (Å²) in [6.07, 6.45) is -0.901. The second kappa shape index (κ2) is 7.99. The van der Waals surface area contributed by atoms with E-state index < -0.39 is 38.0 Å². The van der Waals surface area contributed by atoms with E-state index in [0.717, 1.165) is 0 Å². The smallest absolute Gasteiger partial charge is 0.278 e. The Hall–Kier alpha value is -0.300. The van der Waals surface area contributed by atoms with Crippen molar-refractivity contribution >= 4 is 20.2 Å². The van der Waals surface area contributed by atoms with Gasteiger partial charge >= 0.3 is 0 Å². The molecule has 0 aliphatic carbocycles. The Morgan fingerprint density at radius 1 is 1.11 bits per heavy atom. The Morgan fingerprint density at radius 2 is 1.72 bits per heavy atom.